The van der Waals surface area contributed by atoms with E-state index in [1.165, 1.54) is 5.56 Å². The number of aromatic nitrogens is 5. The summed E-state index contributed by atoms with van der Waals surface area (Å²) in [6.07, 6.45) is 0. The smallest absolute Gasteiger partial charge is 0.280 e. The molecule has 0 atom stereocenters. The van der Waals surface area contributed by atoms with Gasteiger partial charge in [0.05, 0.1) is 18.5 Å². The lowest BCUT2D eigenvalue weighted by molar-refractivity contribution is 0.414. The highest BCUT2D eigenvalue weighted by Gasteiger charge is 2.19. The molecule has 4 rings (SSSR count). The van der Waals surface area contributed by atoms with Crippen LogP contribution in [0.2, 0.25) is 0 Å². The van der Waals surface area contributed by atoms with Crippen molar-refractivity contribution in [1.82, 2.24) is 25.1 Å². The van der Waals surface area contributed by atoms with Crippen molar-refractivity contribution in [2.75, 3.05) is 7.11 Å². The molecule has 7 nitrogen and oxygen atoms in total. The van der Waals surface area contributed by atoms with Crippen LogP contribution in [0.4, 0.5) is 0 Å². The Morgan fingerprint density at radius 2 is 1.69 bits per heavy atom. The van der Waals surface area contributed by atoms with Crippen molar-refractivity contribution in [1.29, 1.82) is 0 Å². The van der Waals surface area contributed by atoms with Gasteiger partial charge in [0, 0.05) is 5.56 Å². The number of ether oxygens (including phenoxy) is 1. The molecule has 0 saturated heterocycles. The molecule has 7 heteroatoms. The maximum Gasteiger partial charge on any atom is 0.280 e. The molecule has 0 fully saturated rings. The van der Waals surface area contributed by atoms with E-state index >= 15 is 0 Å². The average Bonchev–Trinajstić information content (AvgIpc) is 3.29. The van der Waals surface area contributed by atoms with Gasteiger partial charge in [-0.15, -0.1) is 5.10 Å². The van der Waals surface area contributed by atoms with E-state index in [1.54, 1.807) is 11.8 Å². The summed E-state index contributed by atoms with van der Waals surface area (Å²) in [7, 11) is 1.63. The Hall–Kier alpha value is -3.48. The molecule has 0 unspecified atom stereocenters. The molecule has 0 N–H and O–H groups in total. The lowest BCUT2D eigenvalue weighted by Gasteiger charge is -2.04. The molecule has 130 valence electrons. The van der Waals surface area contributed by atoms with Crippen LogP contribution >= 0.6 is 0 Å². The third kappa shape index (κ3) is 2.83. The van der Waals surface area contributed by atoms with Gasteiger partial charge < -0.3 is 9.26 Å². The zero-order chi connectivity index (χ0) is 18.1. The van der Waals surface area contributed by atoms with Gasteiger partial charge in [-0.05, 0) is 38.1 Å². The van der Waals surface area contributed by atoms with Crippen LogP contribution in [0.25, 0.3) is 28.7 Å². The number of hydrogen-bond donors (Lipinski definition) is 0. The molecule has 0 aliphatic rings. The Kier molecular flexibility index (Phi) is 3.96. The monoisotopic (exact) mass is 347 g/mol. The summed E-state index contributed by atoms with van der Waals surface area (Å²) in [6, 6.07) is 15.5. The summed E-state index contributed by atoms with van der Waals surface area (Å²) in [5, 5.41) is 12.5. The van der Waals surface area contributed by atoms with Crippen molar-refractivity contribution in [3.05, 3.63) is 59.8 Å². The van der Waals surface area contributed by atoms with E-state index < -0.39 is 0 Å². The van der Waals surface area contributed by atoms with E-state index in [2.05, 4.69) is 20.5 Å². The van der Waals surface area contributed by atoms with Gasteiger partial charge in [0.1, 0.15) is 5.75 Å². The fraction of sp³-hybridized carbons (Fsp3) is 0.158. The molecule has 0 saturated carbocycles. The Labute approximate surface area is 150 Å². The molecular weight excluding hydrogens is 330 g/mol. The Bertz CT molecular complexity index is 1030. The summed E-state index contributed by atoms with van der Waals surface area (Å²) >= 11 is 0. The van der Waals surface area contributed by atoms with Crippen LogP contribution < -0.4 is 4.74 Å². The highest BCUT2D eigenvalue weighted by Crippen LogP contribution is 2.25. The molecular formula is C19H17N5O2. The van der Waals surface area contributed by atoms with E-state index in [0.717, 1.165) is 22.7 Å². The van der Waals surface area contributed by atoms with E-state index in [-0.39, 0.29) is 0 Å². The maximum atomic E-state index is 5.40. The highest BCUT2D eigenvalue weighted by molar-refractivity contribution is 5.59. The summed E-state index contributed by atoms with van der Waals surface area (Å²) in [4.78, 5) is 4.46. The second kappa shape index (κ2) is 6.44. The van der Waals surface area contributed by atoms with Gasteiger partial charge in [-0.25, -0.2) is 4.68 Å². The molecule has 26 heavy (non-hydrogen) atoms. The second-order valence-corrected chi connectivity index (χ2v) is 5.92. The van der Waals surface area contributed by atoms with Gasteiger partial charge in [-0.3, -0.25) is 0 Å². The van der Waals surface area contributed by atoms with Gasteiger partial charge in [0.2, 0.25) is 5.82 Å². The summed E-state index contributed by atoms with van der Waals surface area (Å²) in [5.41, 5.74) is 4.32. The van der Waals surface area contributed by atoms with Crippen molar-refractivity contribution < 1.29 is 9.26 Å². The van der Waals surface area contributed by atoms with Crippen LogP contribution in [0.5, 0.6) is 5.75 Å². The number of aryl methyl sites for hydroxylation is 1. The van der Waals surface area contributed by atoms with Crippen LogP contribution in [0, 0.1) is 13.8 Å². The molecule has 0 bridgehead atoms. The van der Waals surface area contributed by atoms with Crippen LogP contribution in [-0.4, -0.2) is 32.2 Å². The number of nitrogens with zero attached hydrogens (tertiary/aromatic N) is 5. The topological polar surface area (TPSA) is 78.9 Å². The maximum absolute atomic E-state index is 5.40. The first-order valence-corrected chi connectivity index (χ1v) is 8.13. The van der Waals surface area contributed by atoms with E-state index in [9.17, 15) is 0 Å². The number of rotatable bonds is 4. The molecule has 0 aliphatic carbocycles. The first-order valence-electron chi connectivity index (χ1n) is 8.13. The lowest BCUT2D eigenvalue weighted by Crippen LogP contribution is -1.99. The quantitative estimate of drug-likeness (QED) is 0.561. The van der Waals surface area contributed by atoms with Gasteiger partial charge >= 0.3 is 0 Å². The minimum Gasteiger partial charge on any atom is -0.497 e. The molecule has 0 amide bonds. The molecule has 0 aliphatic heterocycles. The SMILES string of the molecule is COc1ccc(-n2nnc(-c3nc(-c4ccc(C)cc4)no3)c2C)cc1. The highest BCUT2D eigenvalue weighted by atomic mass is 16.5. The minimum atomic E-state index is 0.345. The first-order chi connectivity index (χ1) is 12.7. The number of methoxy groups -OCH3 is 1. The van der Waals surface area contributed by atoms with Crippen molar-refractivity contribution in [2.45, 2.75) is 13.8 Å². The van der Waals surface area contributed by atoms with Gasteiger partial charge in [-0.1, -0.05) is 40.2 Å². The van der Waals surface area contributed by atoms with Crippen LogP contribution in [0.1, 0.15) is 11.3 Å². The Morgan fingerprint density at radius 1 is 0.962 bits per heavy atom. The fourth-order valence-corrected chi connectivity index (χ4v) is 2.63. The zero-order valence-corrected chi connectivity index (χ0v) is 14.7. The predicted octanol–water partition coefficient (Wildman–Crippen LogP) is 3.61. The molecule has 0 radical (unpaired) electrons. The number of benzene rings is 2. The Morgan fingerprint density at radius 3 is 2.38 bits per heavy atom. The normalized spacial score (nSPS) is 10.9. The molecule has 4 aromatic rings. The average molecular weight is 347 g/mol. The zero-order valence-electron chi connectivity index (χ0n) is 14.7. The van der Waals surface area contributed by atoms with Gasteiger partial charge in [0.25, 0.3) is 5.89 Å². The predicted molar refractivity (Wildman–Crippen MR) is 96.1 cm³/mol. The van der Waals surface area contributed by atoms with E-state index in [1.807, 2.05) is 62.4 Å². The molecule has 0 spiro atoms. The molecule has 2 heterocycles. The molecule has 2 aromatic heterocycles. The standard InChI is InChI=1S/C19H17N5O2/c1-12-4-6-14(7-5-12)18-20-19(26-22-18)17-13(2)24(23-21-17)15-8-10-16(25-3)11-9-15/h4-11H,1-3H3. The van der Waals surface area contributed by atoms with Gasteiger partial charge in [0.15, 0.2) is 5.69 Å². The lowest BCUT2D eigenvalue weighted by atomic mass is 10.1. The largest absolute Gasteiger partial charge is 0.497 e. The first kappa shape index (κ1) is 16.0. The van der Waals surface area contributed by atoms with Crippen molar-refractivity contribution in [2.24, 2.45) is 0 Å². The van der Waals surface area contributed by atoms with Crippen LogP contribution in [-0.2, 0) is 0 Å². The summed E-state index contributed by atoms with van der Waals surface area (Å²) < 4.78 is 12.3. The van der Waals surface area contributed by atoms with Crippen LogP contribution in [0.15, 0.2) is 53.1 Å². The van der Waals surface area contributed by atoms with E-state index in [0.29, 0.717) is 17.4 Å². The number of hydrogen-bond acceptors (Lipinski definition) is 6. The van der Waals surface area contributed by atoms with Crippen molar-refractivity contribution in [3.8, 4) is 34.4 Å². The Balaban J connectivity index is 1.67. The van der Waals surface area contributed by atoms with Crippen molar-refractivity contribution in [3.63, 3.8) is 0 Å². The van der Waals surface area contributed by atoms with E-state index in [4.69, 9.17) is 9.26 Å². The summed E-state index contributed by atoms with van der Waals surface area (Å²) in [6.45, 7) is 3.95. The minimum absolute atomic E-state index is 0.345. The fourth-order valence-electron chi connectivity index (χ4n) is 2.63. The third-order valence-electron chi connectivity index (χ3n) is 4.15. The summed E-state index contributed by atoms with van der Waals surface area (Å²) in [5.74, 6) is 1.66. The third-order valence-corrected chi connectivity index (χ3v) is 4.15. The second-order valence-electron chi connectivity index (χ2n) is 5.92. The van der Waals surface area contributed by atoms with Crippen LogP contribution in [0.3, 0.4) is 0 Å². The molecule has 2 aromatic carbocycles. The van der Waals surface area contributed by atoms with Gasteiger partial charge in [-0.2, -0.15) is 4.98 Å². The van der Waals surface area contributed by atoms with Crippen molar-refractivity contribution >= 4 is 0 Å².